The molecule has 8 heteroatoms. The second-order valence-corrected chi connectivity index (χ2v) is 6.58. The molecule has 1 amide bonds. The van der Waals surface area contributed by atoms with Gasteiger partial charge in [-0.15, -0.1) is 0 Å². The lowest BCUT2D eigenvalue weighted by Gasteiger charge is -2.09. The summed E-state index contributed by atoms with van der Waals surface area (Å²) in [7, 11) is 0. The second kappa shape index (κ2) is 7.01. The summed E-state index contributed by atoms with van der Waals surface area (Å²) in [6, 6.07) is 13.0. The van der Waals surface area contributed by atoms with E-state index in [1.165, 1.54) is 11.8 Å². The van der Waals surface area contributed by atoms with Crippen LogP contribution in [0.3, 0.4) is 0 Å². The Morgan fingerprint density at radius 1 is 1.23 bits per heavy atom. The second-order valence-electron chi connectivity index (χ2n) is 5.62. The fourth-order valence-electron chi connectivity index (χ4n) is 2.52. The summed E-state index contributed by atoms with van der Waals surface area (Å²) in [5.41, 5.74) is 5.80. The van der Waals surface area contributed by atoms with E-state index in [9.17, 15) is 4.79 Å². The molecule has 3 heterocycles. The van der Waals surface area contributed by atoms with Crippen LogP contribution in [0.1, 0.15) is 21.8 Å². The fraction of sp³-hybridized carbons (Fsp3) is 0.111. The number of fused-ring (bicyclic) bond motifs is 1. The Hall–Kier alpha value is -3.13. The van der Waals surface area contributed by atoms with E-state index >= 15 is 0 Å². The quantitative estimate of drug-likeness (QED) is 0.546. The highest BCUT2D eigenvalue weighted by Crippen LogP contribution is 2.24. The summed E-state index contributed by atoms with van der Waals surface area (Å²) >= 11 is 1.44. The van der Waals surface area contributed by atoms with E-state index in [0.717, 1.165) is 22.5 Å². The number of pyridine rings is 1. The van der Waals surface area contributed by atoms with E-state index in [0.29, 0.717) is 16.3 Å². The molecule has 26 heavy (non-hydrogen) atoms. The zero-order valence-corrected chi connectivity index (χ0v) is 14.7. The average molecular weight is 365 g/mol. The number of carbonyl (C=O) groups is 1. The first-order valence-corrected chi connectivity index (χ1v) is 8.93. The summed E-state index contributed by atoms with van der Waals surface area (Å²) in [5.74, 6) is 1.08. The first-order valence-electron chi connectivity index (χ1n) is 7.94. The molecule has 0 atom stereocenters. The predicted molar refractivity (Wildman–Crippen MR) is 98.5 cm³/mol. The highest BCUT2D eigenvalue weighted by Gasteiger charge is 2.15. The number of imidazole rings is 1. The van der Waals surface area contributed by atoms with E-state index in [-0.39, 0.29) is 5.91 Å². The molecular formula is C18H15N5O2S. The van der Waals surface area contributed by atoms with Gasteiger partial charge in [-0.1, -0.05) is 29.1 Å². The van der Waals surface area contributed by atoms with Gasteiger partial charge in [-0.25, -0.2) is 14.6 Å². The van der Waals surface area contributed by atoms with Gasteiger partial charge in [0.05, 0.1) is 22.3 Å². The number of aryl methyl sites for hydroxylation is 1. The van der Waals surface area contributed by atoms with Crippen LogP contribution < -0.4 is 5.43 Å². The number of hydrogen-bond donors (Lipinski definition) is 1. The minimum absolute atomic E-state index is 0.250. The number of hydrogen-bond acceptors (Lipinski definition) is 6. The lowest BCUT2D eigenvalue weighted by molar-refractivity contribution is 0.100. The Kier molecular flexibility index (Phi) is 4.40. The SMILES string of the molecule is Cc1cc(CSc2ncccc2C(=O)Nn2cnc3ccccc32)no1. The average Bonchev–Trinajstić information content (AvgIpc) is 3.27. The molecule has 0 aliphatic rings. The number of amides is 1. The minimum atomic E-state index is -0.250. The topological polar surface area (TPSA) is 85.8 Å². The van der Waals surface area contributed by atoms with E-state index in [1.54, 1.807) is 29.3 Å². The van der Waals surface area contributed by atoms with Gasteiger partial charge >= 0.3 is 0 Å². The van der Waals surface area contributed by atoms with Gasteiger partial charge in [0.2, 0.25) is 0 Å². The Morgan fingerprint density at radius 2 is 2.12 bits per heavy atom. The van der Waals surface area contributed by atoms with Gasteiger partial charge < -0.3 is 4.52 Å². The van der Waals surface area contributed by atoms with E-state index < -0.39 is 0 Å². The number of nitrogens with one attached hydrogen (secondary N) is 1. The Balaban J connectivity index is 1.54. The summed E-state index contributed by atoms with van der Waals surface area (Å²) in [4.78, 5) is 21.4. The van der Waals surface area contributed by atoms with Crippen LogP contribution >= 0.6 is 11.8 Å². The van der Waals surface area contributed by atoms with Gasteiger partial charge in [-0.2, -0.15) is 0 Å². The normalized spacial score (nSPS) is 11.0. The fourth-order valence-corrected chi connectivity index (χ4v) is 3.40. The Labute approximate surface area is 153 Å². The molecule has 0 unspecified atom stereocenters. The van der Waals surface area contributed by atoms with Crippen molar-refractivity contribution in [1.82, 2.24) is 19.8 Å². The molecule has 0 fully saturated rings. The maximum Gasteiger partial charge on any atom is 0.272 e. The van der Waals surface area contributed by atoms with Crippen LogP contribution in [0.5, 0.6) is 0 Å². The molecular weight excluding hydrogens is 350 g/mol. The monoisotopic (exact) mass is 365 g/mol. The van der Waals surface area contributed by atoms with E-state index in [2.05, 4.69) is 20.6 Å². The van der Waals surface area contributed by atoms with Crippen molar-refractivity contribution in [3.63, 3.8) is 0 Å². The van der Waals surface area contributed by atoms with Gasteiger partial charge in [0.1, 0.15) is 17.1 Å². The lowest BCUT2D eigenvalue weighted by Crippen LogP contribution is -2.22. The largest absolute Gasteiger partial charge is 0.361 e. The van der Waals surface area contributed by atoms with Crippen molar-refractivity contribution >= 4 is 28.7 Å². The molecule has 3 aromatic heterocycles. The third-order valence-electron chi connectivity index (χ3n) is 3.72. The zero-order valence-electron chi connectivity index (χ0n) is 13.9. The van der Waals surface area contributed by atoms with Crippen molar-refractivity contribution in [2.75, 3.05) is 5.43 Å². The number of para-hydroxylation sites is 2. The van der Waals surface area contributed by atoms with Crippen LogP contribution in [-0.4, -0.2) is 25.7 Å². The van der Waals surface area contributed by atoms with Crippen LogP contribution in [0.4, 0.5) is 0 Å². The molecule has 4 aromatic rings. The first-order chi connectivity index (χ1) is 12.7. The van der Waals surface area contributed by atoms with Crippen molar-refractivity contribution in [2.24, 2.45) is 0 Å². The van der Waals surface area contributed by atoms with Gasteiger partial charge in [-0.3, -0.25) is 10.2 Å². The van der Waals surface area contributed by atoms with Crippen molar-refractivity contribution in [3.05, 3.63) is 72.0 Å². The number of thioether (sulfide) groups is 1. The molecule has 0 radical (unpaired) electrons. The van der Waals surface area contributed by atoms with Gasteiger partial charge in [0.15, 0.2) is 0 Å². The number of rotatable bonds is 5. The number of benzene rings is 1. The molecule has 1 aromatic carbocycles. The summed E-state index contributed by atoms with van der Waals surface area (Å²) in [6.45, 7) is 1.84. The zero-order chi connectivity index (χ0) is 17.9. The van der Waals surface area contributed by atoms with Gasteiger partial charge in [0, 0.05) is 18.0 Å². The van der Waals surface area contributed by atoms with Crippen molar-refractivity contribution in [3.8, 4) is 0 Å². The maximum absolute atomic E-state index is 12.7. The van der Waals surface area contributed by atoms with Gasteiger partial charge in [-0.05, 0) is 31.2 Å². The van der Waals surface area contributed by atoms with Crippen LogP contribution in [-0.2, 0) is 5.75 Å². The van der Waals surface area contributed by atoms with Crippen molar-refractivity contribution in [1.29, 1.82) is 0 Å². The van der Waals surface area contributed by atoms with E-state index in [1.807, 2.05) is 37.3 Å². The van der Waals surface area contributed by atoms with Crippen LogP contribution in [0, 0.1) is 6.92 Å². The third kappa shape index (κ3) is 3.31. The van der Waals surface area contributed by atoms with E-state index in [4.69, 9.17) is 4.52 Å². The highest BCUT2D eigenvalue weighted by atomic mass is 32.2. The smallest absolute Gasteiger partial charge is 0.272 e. The highest BCUT2D eigenvalue weighted by molar-refractivity contribution is 7.98. The summed E-state index contributed by atoms with van der Waals surface area (Å²) in [5, 5.41) is 4.60. The standard InChI is InChI=1S/C18H15N5O2S/c1-12-9-13(22-25-12)10-26-18-14(5-4-8-19-18)17(24)21-23-11-20-15-6-2-3-7-16(15)23/h2-9,11H,10H2,1H3,(H,21,24). The molecule has 7 nitrogen and oxygen atoms in total. The maximum atomic E-state index is 12.7. The number of carbonyl (C=O) groups excluding carboxylic acids is 1. The minimum Gasteiger partial charge on any atom is -0.361 e. The first kappa shape index (κ1) is 16.3. The Morgan fingerprint density at radius 3 is 2.96 bits per heavy atom. The number of aromatic nitrogens is 4. The molecule has 0 aliphatic carbocycles. The molecule has 0 aliphatic heterocycles. The molecule has 1 N–H and O–H groups in total. The van der Waals surface area contributed by atoms with Crippen LogP contribution in [0.2, 0.25) is 0 Å². The van der Waals surface area contributed by atoms with Crippen molar-refractivity contribution < 1.29 is 9.32 Å². The lowest BCUT2D eigenvalue weighted by atomic mass is 10.3. The predicted octanol–water partition coefficient (Wildman–Crippen LogP) is 3.40. The van der Waals surface area contributed by atoms with Crippen molar-refractivity contribution in [2.45, 2.75) is 17.7 Å². The molecule has 0 spiro atoms. The summed E-state index contributed by atoms with van der Waals surface area (Å²) in [6.07, 6.45) is 3.25. The Bertz CT molecular complexity index is 1070. The van der Waals surface area contributed by atoms with Gasteiger partial charge in [0.25, 0.3) is 5.91 Å². The summed E-state index contributed by atoms with van der Waals surface area (Å²) < 4.78 is 6.68. The van der Waals surface area contributed by atoms with Crippen LogP contribution in [0.25, 0.3) is 11.0 Å². The number of nitrogens with zero attached hydrogens (tertiary/aromatic N) is 4. The third-order valence-corrected chi connectivity index (χ3v) is 4.76. The van der Waals surface area contributed by atoms with Crippen LogP contribution in [0.15, 0.2) is 64.5 Å². The molecule has 0 saturated carbocycles. The molecule has 0 bridgehead atoms. The molecule has 130 valence electrons. The molecule has 0 saturated heterocycles. The molecule has 4 rings (SSSR count).